The molecule has 102 valence electrons. The van der Waals surface area contributed by atoms with Gasteiger partial charge < -0.3 is 16.4 Å². The van der Waals surface area contributed by atoms with E-state index in [1.54, 1.807) is 0 Å². The number of carbonyl (C=O) groups excluding carboxylic acids is 2. The smallest absolute Gasteiger partial charge is 0.256 e. The van der Waals surface area contributed by atoms with Gasteiger partial charge in [-0.2, -0.15) is 0 Å². The number of nitrogens with zero attached hydrogens (tertiary/aromatic N) is 1. The SMILES string of the molecule is NC(=O)C1CCN(C(=O)c2ccc(N)cc2F)CC1. The molecule has 0 aliphatic carbocycles. The van der Waals surface area contributed by atoms with Gasteiger partial charge in [0.2, 0.25) is 5.91 Å². The molecule has 2 rings (SSSR count). The van der Waals surface area contributed by atoms with Gasteiger partial charge in [0, 0.05) is 24.7 Å². The molecule has 1 aliphatic heterocycles. The summed E-state index contributed by atoms with van der Waals surface area (Å²) in [5.41, 5.74) is 11.0. The van der Waals surface area contributed by atoms with Gasteiger partial charge in [-0.3, -0.25) is 9.59 Å². The van der Waals surface area contributed by atoms with Crippen LogP contribution in [-0.4, -0.2) is 29.8 Å². The molecular weight excluding hydrogens is 249 g/mol. The first-order chi connectivity index (χ1) is 8.99. The molecule has 0 saturated carbocycles. The van der Waals surface area contributed by atoms with E-state index in [1.165, 1.54) is 17.0 Å². The molecule has 2 amide bonds. The van der Waals surface area contributed by atoms with Crippen molar-refractivity contribution in [3.63, 3.8) is 0 Å². The third kappa shape index (κ3) is 2.83. The van der Waals surface area contributed by atoms with E-state index in [0.717, 1.165) is 6.07 Å². The van der Waals surface area contributed by atoms with Crippen LogP contribution in [0, 0.1) is 11.7 Å². The highest BCUT2D eigenvalue weighted by atomic mass is 19.1. The Labute approximate surface area is 110 Å². The topological polar surface area (TPSA) is 89.4 Å². The summed E-state index contributed by atoms with van der Waals surface area (Å²) in [6.07, 6.45) is 1.05. The van der Waals surface area contributed by atoms with Crippen molar-refractivity contribution in [3.05, 3.63) is 29.6 Å². The third-order valence-corrected chi connectivity index (χ3v) is 3.41. The molecule has 1 saturated heterocycles. The van der Waals surface area contributed by atoms with Crippen molar-refractivity contribution in [2.75, 3.05) is 18.8 Å². The molecule has 0 aromatic heterocycles. The zero-order valence-electron chi connectivity index (χ0n) is 10.4. The van der Waals surface area contributed by atoms with Gasteiger partial charge in [-0.25, -0.2) is 4.39 Å². The lowest BCUT2D eigenvalue weighted by Gasteiger charge is -2.30. The van der Waals surface area contributed by atoms with E-state index in [0.29, 0.717) is 25.9 Å². The Morgan fingerprint density at radius 1 is 1.26 bits per heavy atom. The van der Waals surface area contributed by atoms with Crippen LogP contribution in [0.1, 0.15) is 23.2 Å². The van der Waals surface area contributed by atoms with Gasteiger partial charge in [-0.15, -0.1) is 0 Å². The Morgan fingerprint density at radius 2 is 1.89 bits per heavy atom. The summed E-state index contributed by atoms with van der Waals surface area (Å²) in [5.74, 6) is -1.53. The molecule has 1 heterocycles. The minimum atomic E-state index is -0.623. The van der Waals surface area contributed by atoms with Crippen LogP contribution in [0.25, 0.3) is 0 Å². The minimum Gasteiger partial charge on any atom is -0.399 e. The summed E-state index contributed by atoms with van der Waals surface area (Å²) in [5, 5.41) is 0. The Balaban J connectivity index is 2.07. The highest BCUT2D eigenvalue weighted by Gasteiger charge is 2.27. The number of nitrogen functional groups attached to an aromatic ring is 1. The second-order valence-electron chi connectivity index (χ2n) is 4.71. The van der Waals surface area contributed by atoms with E-state index in [4.69, 9.17) is 11.5 Å². The normalized spacial score (nSPS) is 16.4. The summed E-state index contributed by atoms with van der Waals surface area (Å²) >= 11 is 0. The molecule has 5 nitrogen and oxygen atoms in total. The number of anilines is 1. The Kier molecular flexibility index (Phi) is 3.69. The lowest BCUT2D eigenvalue weighted by atomic mass is 9.96. The van der Waals surface area contributed by atoms with Crippen molar-refractivity contribution in [2.45, 2.75) is 12.8 Å². The fourth-order valence-electron chi connectivity index (χ4n) is 2.24. The van der Waals surface area contributed by atoms with E-state index >= 15 is 0 Å². The molecule has 0 spiro atoms. The zero-order chi connectivity index (χ0) is 14.0. The number of likely N-dealkylation sites (tertiary alicyclic amines) is 1. The number of hydrogen-bond donors (Lipinski definition) is 2. The first-order valence-corrected chi connectivity index (χ1v) is 6.12. The summed E-state index contributed by atoms with van der Waals surface area (Å²) < 4.78 is 13.7. The lowest BCUT2D eigenvalue weighted by Crippen LogP contribution is -2.42. The number of hydrogen-bond acceptors (Lipinski definition) is 3. The monoisotopic (exact) mass is 265 g/mol. The summed E-state index contributed by atoms with van der Waals surface area (Å²) in [4.78, 5) is 24.7. The standard InChI is InChI=1S/C13H16FN3O2/c14-11-7-9(15)1-2-10(11)13(19)17-5-3-8(4-6-17)12(16)18/h1-2,7-8H,3-6,15H2,(H2,16,18). The van der Waals surface area contributed by atoms with Crippen molar-refractivity contribution >= 4 is 17.5 Å². The Hall–Kier alpha value is -2.11. The molecule has 0 radical (unpaired) electrons. The fraction of sp³-hybridized carbons (Fsp3) is 0.385. The van der Waals surface area contributed by atoms with Gasteiger partial charge in [0.15, 0.2) is 0 Å². The molecule has 0 atom stereocenters. The summed E-state index contributed by atoms with van der Waals surface area (Å²) in [6.45, 7) is 0.826. The van der Waals surface area contributed by atoms with E-state index in [1.807, 2.05) is 0 Å². The van der Waals surface area contributed by atoms with Crippen LogP contribution in [0.2, 0.25) is 0 Å². The third-order valence-electron chi connectivity index (χ3n) is 3.41. The number of amides is 2. The van der Waals surface area contributed by atoms with Gasteiger partial charge >= 0.3 is 0 Å². The largest absolute Gasteiger partial charge is 0.399 e. The highest BCUT2D eigenvalue weighted by molar-refractivity contribution is 5.95. The molecule has 1 aromatic carbocycles. The molecule has 1 aliphatic rings. The van der Waals surface area contributed by atoms with Crippen LogP contribution >= 0.6 is 0 Å². The van der Waals surface area contributed by atoms with Gasteiger partial charge in [0.25, 0.3) is 5.91 Å². The van der Waals surface area contributed by atoms with E-state index in [-0.39, 0.29) is 29.0 Å². The number of carbonyl (C=O) groups is 2. The average Bonchev–Trinajstić information content (AvgIpc) is 2.38. The van der Waals surface area contributed by atoms with Crippen LogP contribution in [0.5, 0.6) is 0 Å². The zero-order valence-corrected chi connectivity index (χ0v) is 10.4. The van der Waals surface area contributed by atoms with Crippen LogP contribution < -0.4 is 11.5 Å². The maximum atomic E-state index is 13.7. The van der Waals surface area contributed by atoms with Crippen molar-refractivity contribution in [1.82, 2.24) is 4.90 Å². The van der Waals surface area contributed by atoms with Crippen LogP contribution in [0.3, 0.4) is 0 Å². The fourth-order valence-corrected chi connectivity index (χ4v) is 2.24. The first kappa shape index (κ1) is 13.3. The quantitative estimate of drug-likeness (QED) is 0.773. The number of benzene rings is 1. The molecule has 19 heavy (non-hydrogen) atoms. The average molecular weight is 265 g/mol. The molecule has 1 fully saturated rings. The maximum absolute atomic E-state index is 13.7. The van der Waals surface area contributed by atoms with Crippen LogP contribution in [0.15, 0.2) is 18.2 Å². The molecule has 4 N–H and O–H groups in total. The predicted molar refractivity (Wildman–Crippen MR) is 68.6 cm³/mol. The van der Waals surface area contributed by atoms with Crippen LogP contribution in [-0.2, 0) is 4.79 Å². The molecule has 0 unspecified atom stereocenters. The summed E-state index contributed by atoms with van der Waals surface area (Å²) in [6, 6.07) is 4.00. The van der Waals surface area contributed by atoms with Gasteiger partial charge in [0.05, 0.1) is 5.56 Å². The van der Waals surface area contributed by atoms with E-state index in [2.05, 4.69) is 0 Å². The Bertz CT molecular complexity index is 511. The number of rotatable bonds is 2. The van der Waals surface area contributed by atoms with Crippen molar-refractivity contribution in [2.24, 2.45) is 11.7 Å². The molecular formula is C13H16FN3O2. The van der Waals surface area contributed by atoms with E-state index < -0.39 is 5.82 Å². The highest BCUT2D eigenvalue weighted by Crippen LogP contribution is 2.20. The second-order valence-corrected chi connectivity index (χ2v) is 4.71. The van der Waals surface area contributed by atoms with Crippen molar-refractivity contribution < 1.29 is 14.0 Å². The van der Waals surface area contributed by atoms with Crippen LogP contribution in [0.4, 0.5) is 10.1 Å². The first-order valence-electron chi connectivity index (χ1n) is 6.12. The van der Waals surface area contributed by atoms with E-state index in [9.17, 15) is 14.0 Å². The maximum Gasteiger partial charge on any atom is 0.256 e. The molecule has 1 aromatic rings. The van der Waals surface area contributed by atoms with Gasteiger partial charge in [0.1, 0.15) is 5.82 Å². The number of nitrogens with two attached hydrogens (primary N) is 2. The van der Waals surface area contributed by atoms with Crippen molar-refractivity contribution in [1.29, 1.82) is 0 Å². The minimum absolute atomic E-state index is 0.00623. The lowest BCUT2D eigenvalue weighted by molar-refractivity contribution is -0.123. The predicted octanol–water partition coefficient (Wildman–Crippen LogP) is 0.745. The molecule has 0 bridgehead atoms. The van der Waals surface area contributed by atoms with Gasteiger partial charge in [-0.1, -0.05) is 0 Å². The summed E-state index contributed by atoms with van der Waals surface area (Å²) in [7, 11) is 0. The number of halogens is 1. The van der Waals surface area contributed by atoms with Gasteiger partial charge in [-0.05, 0) is 31.0 Å². The van der Waals surface area contributed by atoms with Crippen molar-refractivity contribution in [3.8, 4) is 0 Å². The second kappa shape index (κ2) is 5.26. The number of piperidine rings is 1. The Morgan fingerprint density at radius 3 is 2.42 bits per heavy atom. The number of primary amides is 1. The molecule has 6 heteroatoms.